The van der Waals surface area contributed by atoms with Crippen molar-refractivity contribution in [2.75, 3.05) is 0 Å². The molecule has 0 saturated heterocycles. The zero-order valence-electron chi connectivity index (χ0n) is 9.90. The molecule has 0 aliphatic carbocycles. The maximum Gasteiger partial charge on any atom is 0.212 e. The quantitative estimate of drug-likeness (QED) is 0.381. The van der Waals surface area contributed by atoms with Crippen molar-refractivity contribution in [3.63, 3.8) is 0 Å². The van der Waals surface area contributed by atoms with Crippen molar-refractivity contribution < 1.29 is 26.7 Å². The number of halogens is 5. The predicted molar refractivity (Wildman–Crippen MR) is 62.9 cm³/mol. The molecule has 108 valence electrons. The first-order valence-corrected chi connectivity index (χ1v) is 5.72. The second-order valence-corrected chi connectivity index (χ2v) is 4.84. The van der Waals surface area contributed by atoms with E-state index >= 15 is 0 Å². The van der Waals surface area contributed by atoms with E-state index in [9.17, 15) is 26.7 Å². The molecule has 1 N–H and O–H groups in total. The van der Waals surface area contributed by atoms with Gasteiger partial charge in [0.15, 0.2) is 23.3 Å². The van der Waals surface area contributed by atoms with Crippen LogP contribution in [0.15, 0.2) is 5.10 Å². The third-order valence-corrected chi connectivity index (χ3v) is 3.42. The number of rotatable bonds is 2. The zero-order chi connectivity index (χ0) is 15.2. The molecule has 0 amide bonds. The number of benzene rings is 1. The molecule has 0 saturated carbocycles. The second-order valence-electron chi connectivity index (χ2n) is 4.43. The van der Waals surface area contributed by atoms with E-state index in [0.717, 1.165) is 0 Å². The Morgan fingerprint density at radius 3 is 1.95 bits per heavy atom. The smallest absolute Gasteiger partial charge is 0.212 e. The number of nitrogens with zero attached hydrogens (tertiary/aromatic N) is 1. The van der Waals surface area contributed by atoms with Gasteiger partial charge in [0, 0.05) is 6.42 Å². The molecule has 1 aromatic rings. The van der Waals surface area contributed by atoms with E-state index in [-0.39, 0.29) is 6.42 Å². The minimum atomic E-state index is -2.25. The van der Waals surface area contributed by atoms with Gasteiger partial charge in [-0.3, -0.25) is 10.2 Å². The summed E-state index contributed by atoms with van der Waals surface area (Å²) in [4.78, 5) is 11.2. The molecule has 20 heavy (non-hydrogen) atoms. The van der Waals surface area contributed by atoms with Gasteiger partial charge in [-0.05, 0) is 6.92 Å². The fourth-order valence-electron chi connectivity index (χ4n) is 1.73. The highest BCUT2D eigenvalue weighted by atomic mass is 32.1. The topological polar surface area (TPSA) is 41.5 Å². The lowest BCUT2D eigenvalue weighted by molar-refractivity contribution is -0.115. The lowest BCUT2D eigenvalue weighted by Crippen LogP contribution is -2.41. The van der Waals surface area contributed by atoms with Gasteiger partial charge in [-0.25, -0.2) is 22.0 Å². The summed E-state index contributed by atoms with van der Waals surface area (Å²) in [7, 11) is 0. The largest absolute Gasteiger partial charge is 0.295 e. The minimum Gasteiger partial charge on any atom is -0.295 e. The van der Waals surface area contributed by atoms with E-state index in [1.807, 2.05) is 0 Å². The molecule has 1 aromatic carbocycles. The van der Waals surface area contributed by atoms with E-state index in [1.165, 1.54) is 6.92 Å². The van der Waals surface area contributed by atoms with Crippen molar-refractivity contribution in [2.45, 2.75) is 18.9 Å². The number of nitrogens with one attached hydrogen (secondary N) is 1. The summed E-state index contributed by atoms with van der Waals surface area (Å²) in [6.07, 6.45) is -0.353. The van der Waals surface area contributed by atoms with Crippen molar-refractivity contribution in [1.82, 2.24) is 5.43 Å². The fraction of sp³-hybridized carbons (Fsp3) is 0.273. The third kappa shape index (κ3) is 2.05. The minimum absolute atomic E-state index is 0.353. The van der Waals surface area contributed by atoms with Gasteiger partial charge in [0.05, 0.1) is 11.3 Å². The Kier molecular flexibility index (Phi) is 3.49. The van der Waals surface area contributed by atoms with Crippen LogP contribution < -0.4 is 5.43 Å². The average molecular weight is 310 g/mol. The number of carbonyl (C=O) groups is 1. The second kappa shape index (κ2) is 4.72. The van der Waals surface area contributed by atoms with Crippen LogP contribution in [0, 0.1) is 29.1 Å². The van der Waals surface area contributed by atoms with Crippen LogP contribution in [0.2, 0.25) is 0 Å². The maximum absolute atomic E-state index is 13.6. The van der Waals surface area contributed by atoms with Gasteiger partial charge in [0.2, 0.25) is 10.9 Å². The van der Waals surface area contributed by atoms with Gasteiger partial charge in [0.1, 0.15) is 5.54 Å². The molecule has 1 unspecified atom stereocenters. The van der Waals surface area contributed by atoms with Gasteiger partial charge < -0.3 is 0 Å². The Labute approximate surface area is 115 Å². The summed E-state index contributed by atoms with van der Waals surface area (Å²) in [5, 5.41) is 2.79. The van der Waals surface area contributed by atoms with Crippen LogP contribution in [0.1, 0.15) is 18.9 Å². The highest BCUT2D eigenvalue weighted by Crippen LogP contribution is 2.29. The Morgan fingerprint density at radius 2 is 1.55 bits per heavy atom. The molecule has 1 aliphatic rings. The Bertz CT molecular complexity index is 619. The first-order chi connectivity index (χ1) is 9.19. The normalized spacial score (nSPS) is 21.6. The molecule has 1 aliphatic heterocycles. The summed E-state index contributed by atoms with van der Waals surface area (Å²) >= 11 is 3.57. The first kappa shape index (κ1) is 14.8. The van der Waals surface area contributed by atoms with Crippen molar-refractivity contribution in [2.24, 2.45) is 5.10 Å². The SMILES string of the molecule is CC1(C(=O)S)CC(c2c(F)c(F)c(F)c(F)c2F)=NN1. The van der Waals surface area contributed by atoms with Crippen molar-refractivity contribution >= 4 is 23.5 Å². The van der Waals surface area contributed by atoms with E-state index in [1.54, 1.807) is 0 Å². The van der Waals surface area contributed by atoms with Crippen LogP contribution in [0.3, 0.4) is 0 Å². The molecule has 1 atom stereocenters. The highest BCUT2D eigenvalue weighted by Gasteiger charge is 2.40. The van der Waals surface area contributed by atoms with E-state index in [4.69, 9.17) is 0 Å². The summed E-state index contributed by atoms with van der Waals surface area (Å²) in [5.74, 6) is -10.3. The molecule has 0 spiro atoms. The standard InChI is InChI=1S/C11H7F5N2OS/c1-11(10(19)20)2-3(17-18-11)4-5(12)7(14)9(16)8(15)6(4)13/h18H,2H2,1H3,(H,19,20). The first-order valence-electron chi connectivity index (χ1n) is 5.28. The number of hydrogen-bond acceptors (Lipinski definition) is 3. The van der Waals surface area contributed by atoms with Crippen molar-refractivity contribution in [3.05, 3.63) is 34.6 Å². The van der Waals surface area contributed by atoms with E-state index < -0.39 is 51.0 Å². The molecular weight excluding hydrogens is 303 g/mol. The number of thiol groups is 1. The summed E-state index contributed by atoms with van der Waals surface area (Å²) in [6.45, 7) is 1.34. The lowest BCUT2D eigenvalue weighted by Gasteiger charge is -2.18. The average Bonchev–Trinajstić information content (AvgIpc) is 2.78. The van der Waals surface area contributed by atoms with Crippen LogP contribution in [0.5, 0.6) is 0 Å². The van der Waals surface area contributed by atoms with Gasteiger partial charge in [-0.1, -0.05) is 0 Å². The van der Waals surface area contributed by atoms with Crippen LogP contribution in [-0.4, -0.2) is 16.4 Å². The van der Waals surface area contributed by atoms with Gasteiger partial charge in [-0.15, -0.1) is 12.6 Å². The van der Waals surface area contributed by atoms with E-state index in [2.05, 4.69) is 23.2 Å². The molecular formula is C11H7F5N2OS. The molecule has 0 fully saturated rings. The number of hydrogen-bond donors (Lipinski definition) is 2. The molecule has 9 heteroatoms. The van der Waals surface area contributed by atoms with Crippen LogP contribution in [-0.2, 0) is 4.79 Å². The van der Waals surface area contributed by atoms with Gasteiger partial charge >= 0.3 is 0 Å². The number of hydrazone groups is 1. The molecule has 3 nitrogen and oxygen atoms in total. The highest BCUT2D eigenvalue weighted by molar-refractivity contribution is 7.96. The third-order valence-electron chi connectivity index (χ3n) is 2.93. The molecule has 1 heterocycles. The van der Waals surface area contributed by atoms with Crippen molar-refractivity contribution in [1.29, 1.82) is 0 Å². The van der Waals surface area contributed by atoms with Crippen molar-refractivity contribution in [3.8, 4) is 0 Å². The van der Waals surface area contributed by atoms with Gasteiger partial charge in [-0.2, -0.15) is 5.10 Å². The number of carbonyl (C=O) groups excluding carboxylic acids is 1. The molecule has 0 bridgehead atoms. The monoisotopic (exact) mass is 310 g/mol. The Balaban J connectivity index is 2.54. The van der Waals surface area contributed by atoms with Crippen LogP contribution in [0.25, 0.3) is 0 Å². The molecule has 2 rings (SSSR count). The van der Waals surface area contributed by atoms with Gasteiger partial charge in [0.25, 0.3) is 0 Å². The predicted octanol–water partition coefficient (Wildman–Crippen LogP) is 2.29. The molecule has 0 aromatic heterocycles. The fourth-order valence-corrected chi connectivity index (χ4v) is 1.86. The summed E-state index contributed by atoms with van der Waals surface area (Å²) in [6, 6.07) is 0. The maximum atomic E-state index is 13.6. The zero-order valence-corrected chi connectivity index (χ0v) is 10.8. The van der Waals surface area contributed by atoms with E-state index in [0.29, 0.717) is 0 Å². The van der Waals surface area contributed by atoms with Crippen LogP contribution >= 0.6 is 12.6 Å². The Hall–Kier alpha value is -1.64. The van der Waals surface area contributed by atoms with Crippen LogP contribution in [0.4, 0.5) is 22.0 Å². The lowest BCUT2D eigenvalue weighted by atomic mass is 9.94. The Morgan fingerprint density at radius 1 is 1.10 bits per heavy atom. The summed E-state index contributed by atoms with van der Waals surface area (Å²) in [5.41, 5.74) is -0.671. The summed E-state index contributed by atoms with van der Waals surface area (Å²) < 4.78 is 66.2. The molecule has 0 radical (unpaired) electrons.